The van der Waals surface area contributed by atoms with Crippen LogP contribution in [0.3, 0.4) is 0 Å². The van der Waals surface area contributed by atoms with Gasteiger partial charge in [-0.1, -0.05) is 18.2 Å². The Kier molecular flexibility index (Phi) is 8.11. The van der Waals surface area contributed by atoms with Gasteiger partial charge < -0.3 is 15.8 Å². The molecule has 0 aliphatic carbocycles. The molecule has 4 heterocycles. The standard InChI is InChI=1S/C26H22F7N7O4S/c1-44-24-15(6-14(8-35-24)20-7-17(26(31,32)33)21-22(34)36-12-37-40(20)21)23(41)38-19-10-39(9-18(19)27)45(42,43)11-13-4-2-3-5-16(13)25(28,29)30/h2-8,12,18-19H,9-11H2,1H3,(H,38,41)(H2,34,36,37)/t18-,19+/m0/s1. The van der Waals surface area contributed by atoms with Crippen LogP contribution in [0.2, 0.25) is 0 Å². The van der Waals surface area contributed by atoms with Gasteiger partial charge in [-0.2, -0.15) is 35.7 Å². The molecule has 1 fully saturated rings. The number of hydrogen-bond acceptors (Lipinski definition) is 8. The van der Waals surface area contributed by atoms with Crippen molar-refractivity contribution < 1.29 is 48.7 Å². The van der Waals surface area contributed by atoms with E-state index in [9.17, 15) is 39.6 Å². The second-order valence-electron chi connectivity index (χ2n) is 9.95. The molecule has 11 nitrogen and oxygen atoms in total. The van der Waals surface area contributed by atoms with Crippen LogP contribution in [0, 0.1) is 0 Å². The summed E-state index contributed by atoms with van der Waals surface area (Å²) in [5.74, 6) is -2.82. The Morgan fingerprint density at radius 2 is 1.76 bits per heavy atom. The molecule has 2 atom stereocenters. The van der Waals surface area contributed by atoms with E-state index < -0.39 is 87.4 Å². The van der Waals surface area contributed by atoms with Crippen LogP contribution >= 0.6 is 0 Å². The maximum atomic E-state index is 15.0. The number of fused-ring (bicyclic) bond motifs is 1. The van der Waals surface area contributed by atoms with E-state index in [2.05, 4.69) is 20.4 Å². The third kappa shape index (κ3) is 6.21. The first-order valence-corrected chi connectivity index (χ1v) is 14.4. The number of amides is 1. The molecule has 1 saturated heterocycles. The topological polar surface area (TPSA) is 145 Å². The van der Waals surface area contributed by atoms with Gasteiger partial charge in [0, 0.05) is 24.8 Å². The number of carbonyl (C=O) groups is 1. The van der Waals surface area contributed by atoms with Crippen molar-refractivity contribution in [2.45, 2.75) is 30.3 Å². The molecule has 1 aliphatic heterocycles. The van der Waals surface area contributed by atoms with Crippen LogP contribution in [0.15, 0.2) is 48.9 Å². The number of ether oxygens (including phenoxy) is 1. The summed E-state index contributed by atoms with van der Waals surface area (Å²) in [4.78, 5) is 20.8. The van der Waals surface area contributed by atoms with Crippen molar-refractivity contribution in [2.75, 3.05) is 25.9 Å². The first kappa shape index (κ1) is 31.9. The summed E-state index contributed by atoms with van der Waals surface area (Å²) in [6, 6.07) is 4.49. The fraction of sp³-hybridized carbons (Fsp3) is 0.308. The first-order chi connectivity index (χ1) is 21.0. The lowest BCUT2D eigenvalue weighted by atomic mass is 10.1. The molecule has 1 aliphatic rings. The number of hydrogen-bond donors (Lipinski definition) is 2. The molecular weight excluding hydrogens is 639 g/mol. The van der Waals surface area contributed by atoms with E-state index in [1.54, 1.807) is 0 Å². The summed E-state index contributed by atoms with van der Waals surface area (Å²) in [6.45, 7) is -1.35. The molecule has 0 bridgehead atoms. The SMILES string of the molecule is COc1ncc(-c2cc(C(F)(F)F)c3c(N)ncnn23)cc1C(=O)N[C@@H]1CN(S(=O)(=O)Cc2ccccc2C(F)(F)F)C[C@@H]1F. The van der Waals surface area contributed by atoms with Crippen LogP contribution in [-0.4, -0.2) is 70.6 Å². The Balaban J connectivity index is 1.40. The number of nitrogen functional groups attached to an aromatic ring is 1. The smallest absolute Gasteiger partial charge is 0.418 e. The summed E-state index contributed by atoms with van der Waals surface area (Å²) < 4.78 is 129. The molecule has 19 heteroatoms. The Labute approximate surface area is 249 Å². The molecular formula is C26H22F7N7O4S. The van der Waals surface area contributed by atoms with Crippen LogP contribution in [0.4, 0.5) is 36.6 Å². The molecule has 3 N–H and O–H groups in total. The van der Waals surface area contributed by atoms with E-state index in [1.807, 2.05) is 0 Å². The first-order valence-electron chi connectivity index (χ1n) is 12.8. The minimum atomic E-state index is -4.85. The second-order valence-corrected chi connectivity index (χ2v) is 11.9. The lowest BCUT2D eigenvalue weighted by Crippen LogP contribution is -2.42. The number of methoxy groups -OCH3 is 1. The summed E-state index contributed by atoms with van der Waals surface area (Å²) in [5, 5.41) is 6.16. The second kappa shape index (κ2) is 11.4. The molecule has 0 saturated carbocycles. The van der Waals surface area contributed by atoms with E-state index >= 15 is 4.39 Å². The molecule has 1 aromatic carbocycles. The zero-order chi connectivity index (χ0) is 32.9. The fourth-order valence-electron chi connectivity index (χ4n) is 4.96. The van der Waals surface area contributed by atoms with Crippen molar-refractivity contribution in [1.29, 1.82) is 0 Å². The third-order valence-electron chi connectivity index (χ3n) is 7.06. The summed E-state index contributed by atoms with van der Waals surface area (Å²) in [5.41, 5.74) is 1.76. The minimum absolute atomic E-state index is 0.0414. The number of halogens is 7. The number of nitrogens with one attached hydrogen (secondary N) is 1. The van der Waals surface area contributed by atoms with Gasteiger partial charge in [0.1, 0.15) is 23.6 Å². The normalized spacial score (nSPS) is 18.0. The monoisotopic (exact) mass is 661 g/mol. The van der Waals surface area contributed by atoms with Gasteiger partial charge in [-0.3, -0.25) is 4.79 Å². The van der Waals surface area contributed by atoms with Crippen LogP contribution in [0.5, 0.6) is 5.88 Å². The van der Waals surface area contributed by atoms with Gasteiger partial charge in [-0.25, -0.2) is 27.3 Å². The quantitative estimate of drug-likeness (QED) is 0.286. The lowest BCUT2D eigenvalue weighted by molar-refractivity contribution is -0.138. The number of alkyl halides is 7. The van der Waals surface area contributed by atoms with Gasteiger partial charge in [-0.05, 0) is 23.8 Å². The summed E-state index contributed by atoms with van der Waals surface area (Å²) >= 11 is 0. The predicted molar refractivity (Wildman–Crippen MR) is 144 cm³/mol. The Bertz CT molecular complexity index is 1880. The molecule has 1 amide bonds. The summed E-state index contributed by atoms with van der Waals surface area (Å²) in [6.07, 6.45) is -9.58. The molecule has 4 aromatic rings. The molecule has 0 radical (unpaired) electrons. The highest BCUT2D eigenvalue weighted by molar-refractivity contribution is 7.88. The highest BCUT2D eigenvalue weighted by Crippen LogP contribution is 2.39. The molecule has 45 heavy (non-hydrogen) atoms. The van der Waals surface area contributed by atoms with Crippen LogP contribution in [0.1, 0.15) is 27.0 Å². The number of benzene rings is 1. The highest BCUT2D eigenvalue weighted by atomic mass is 32.2. The average molecular weight is 662 g/mol. The predicted octanol–water partition coefficient (Wildman–Crippen LogP) is 3.70. The van der Waals surface area contributed by atoms with Crippen molar-refractivity contribution in [2.24, 2.45) is 0 Å². The van der Waals surface area contributed by atoms with E-state index in [4.69, 9.17) is 10.5 Å². The Morgan fingerprint density at radius 1 is 1.07 bits per heavy atom. The molecule has 0 unspecified atom stereocenters. The largest absolute Gasteiger partial charge is 0.480 e. The van der Waals surface area contributed by atoms with Crippen LogP contribution in [0.25, 0.3) is 16.8 Å². The van der Waals surface area contributed by atoms with Crippen LogP contribution < -0.4 is 15.8 Å². The fourth-order valence-corrected chi connectivity index (χ4v) is 6.54. The van der Waals surface area contributed by atoms with E-state index in [-0.39, 0.29) is 22.7 Å². The zero-order valence-electron chi connectivity index (χ0n) is 22.9. The van der Waals surface area contributed by atoms with Gasteiger partial charge in [-0.15, -0.1) is 0 Å². The Hall–Kier alpha value is -4.52. The van der Waals surface area contributed by atoms with Gasteiger partial charge in [0.15, 0.2) is 5.82 Å². The van der Waals surface area contributed by atoms with E-state index in [0.29, 0.717) is 4.31 Å². The average Bonchev–Trinajstić information content (AvgIpc) is 3.54. The van der Waals surface area contributed by atoms with Crippen molar-refractivity contribution in [3.63, 3.8) is 0 Å². The third-order valence-corrected chi connectivity index (χ3v) is 8.82. The minimum Gasteiger partial charge on any atom is -0.480 e. The molecule has 240 valence electrons. The number of aromatic nitrogens is 4. The number of pyridine rings is 1. The van der Waals surface area contributed by atoms with Gasteiger partial charge in [0.05, 0.1) is 35.7 Å². The van der Waals surface area contributed by atoms with Crippen molar-refractivity contribution in [3.8, 4) is 17.1 Å². The van der Waals surface area contributed by atoms with E-state index in [1.165, 1.54) is 6.07 Å². The number of rotatable bonds is 7. The number of carbonyl (C=O) groups excluding carboxylic acids is 1. The number of anilines is 1. The molecule has 0 spiro atoms. The maximum absolute atomic E-state index is 15.0. The number of sulfonamides is 1. The lowest BCUT2D eigenvalue weighted by Gasteiger charge is -2.19. The van der Waals surface area contributed by atoms with Crippen molar-refractivity contribution in [1.82, 2.24) is 29.2 Å². The maximum Gasteiger partial charge on any atom is 0.418 e. The highest BCUT2D eigenvalue weighted by Gasteiger charge is 2.42. The number of nitrogens with zero attached hydrogens (tertiary/aromatic N) is 5. The molecule has 3 aromatic heterocycles. The van der Waals surface area contributed by atoms with Crippen molar-refractivity contribution in [3.05, 3.63) is 71.2 Å². The Morgan fingerprint density at radius 3 is 2.42 bits per heavy atom. The molecule has 5 rings (SSSR count). The summed E-state index contributed by atoms with van der Waals surface area (Å²) in [7, 11) is -3.31. The van der Waals surface area contributed by atoms with Crippen LogP contribution in [-0.2, 0) is 28.1 Å². The van der Waals surface area contributed by atoms with Gasteiger partial charge in [0.25, 0.3) is 5.91 Å². The van der Waals surface area contributed by atoms with E-state index in [0.717, 1.165) is 54.5 Å². The van der Waals surface area contributed by atoms with Gasteiger partial charge in [0.2, 0.25) is 15.9 Å². The van der Waals surface area contributed by atoms with Gasteiger partial charge >= 0.3 is 12.4 Å². The van der Waals surface area contributed by atoms with Crippen molar-refractivity contribution >= 4 is 27.3 Å². The number of nitrogens with two attached hydrogens (primary N) is 1. The zero-order valence-corrected chi connectivity index (χ0v) is 23.7.